The molecular formula is C24H19Cl2N3O3. The Balaban J connectivity index is 1.72. The minimum absolute atomic E-state index is 0.134. The summed E-state index contributed by atoms with van der Waals surface area (Å²) in [6.45, 7) is 4.05. The highest BCUT2D eigenvalue weighted by atomic mass is 35.5. The van der Waals surface area contributed by atoms with Crippen molar-refractivity contribution >= 4 is 29.1 Å². The van der Waals surface area contributed by atoms with Gasteiger partial charge in [0.15, 0.2) is 0 Å². The van der Waals surface area contributed by atoms with Crippen LogP contribution in [0.15, 0.2) is 53.1 Å². The Labute approximate surface area is 194 Å². The van der Waals surface area contributed by atoms with Gasteiger partial charge in [-0.1, -0.05) is 35.3 Å². The number of aromatic hydroxyl groups is 1. The second-order valence-corrected chi connectivity index (χ2v) is 8.74. The summed E-state index contributed by atoms with van der Waals surface area (Å²) in [4.78, 5) is 15.1. The van der Waals surface area contributed by atoms with Gasteiger partial charge >= 0.3 is 0 Å². The summed E-state index contributed by atoms with van der Waals surface area (Å²) in [5.41, 5.74) is 4.65. The number of aromatic nitrogens is 2. The SMILES string of the molecule is Cc1cc(C)c(O)c(-c2n[nH]c3c2C(c2ccc(Cl)c(Cl)c2)N(Cc2ccco2)C3=O)c1. The summed E-state index contributed by atoms with van der Waals surface area (Å²) in [6.07, 6.45) is 1.57. The predicted octanol–water partition coefficient (Wildman–Crippen LogP) is 6.04. The van der Waals surface area contributed by atoms with Crippen molar-refractivity contribution in [3.63, 3.8) is 0 Å². The molecule has 1 aliphatic rings. The normalized spacial score (nSPS) is 15.4. The van der Waals surface area contributed by atoms with E-state index in [1.807, 2.05) is 38.1 Å². The van der Waals surface area contributed by atoms with Gasteiger partial charge in [-0.3, -0.25) is 9.89 Å². The first-order valence-electron chi connectivity index (χ1n) is 10.0. The van der Waals surface area contributed by atoms with Crippen LogP contribution in [0.5, 0.6) is 5.75 Å². The van der Waals surface area contributed by atoms with Gasteiger partial charge in [-0.2, -0.15) is 5.10 Å². The molecule has 6 nitrogen and oxygen atoms in total. The zero-order chi connectivity index (χ0) is 22.6. The van der Waals surface area contributed by atoms with E-state index in [2.05, 4.69) is 10.2 Å². The topological polar surface area (TPSA) is 82.4 Å². The smallest absolute Gasteiger partial charge is 0.273 e. The number of rotatable bonds is 4. The molecule has 0 saturated heterocycles. The largest absolute Gasteiger partial charge is 0.507 e. The Hall–Kier alpha value is -3.22. The number of phenolic OH excluding ortho intramolecular Hbond substituents is 1. The average Bonchev–Trinajstić information content (AvgIpc) is 3.47. The van der Waals surface area contributed by atoms with Crippen molar-refractivity contribution in [2.45, 2.75) is 26.4 Å². The van der Waals surface area contributed by atoms with Crippen LogP contribution in [-0.2, 0) is 6.54 Å². The van der Waals surface area contributed by atoms with Gasteiger partial charge in [0.05, 0.1) is 28.9 Å². The monoisotopic (exact) mass is 467 g/mol. The van der Waals surface area contributed by atoms with Crippen LogP contribution in [0.3, 0.4) is 0 Å². The highest BCUT2D eigenvalue weighted by Crippen LogP contribution is 2.46. The number of hydrogen-bond acceptors (Lipinski definition) is 4. The molecule has 0 fully saturated rings. The molecule has 4 aromatic rings. The molecule has 1 amide bonds. The van der Waals surface area contributed by atoms with Crippen LogP contribution >= 0.6 is 23.2 Å². The highest BCUT2D eigenvalue weighted by Gasteiger charge is 2.43. The van der Waals surface area contributed by atoms with Crippen molar-refractivity contribution in [3.8, 4) is 17.0 Å². The van der Waals surface area contributed by atoms with Crippen LogP contribution in [0.1, 0.15) is 44.5 Å². The Bertz CT molecular complexity index is 1350. The fourth-order valence-electron chi connectivity index (χ4n) is 4.31. The summed E-state index contributed by atoms with van der Waals surface area (Å²) in [5, 5.41) is 18.9. The number of amides is 1. The van der Waals surface area contributed by atoms with E-state index in [0.29, 0.717) is 38.3 Å². The Morgan fingerprint density at radius 2 is 1.97 bits per heavy atom. The standard InChI is InChI=1S/C24H19Cl2N3O3/c1-12-8-13(2)23(30)16(9-12)20-19-21(28-27-20)24(31)29(11-15-4-3-7-32-15)22(19)14-5-6-17(25)18(26)10-14/h3-10,22,30H,11H2,1-2H3,(H,27,28). The fourth-order valence-corrected chi connectivity index (χ4v) is 4.61. The molecule has 0 bridgehead atoms. The van der Waals surface area contributed by atoms with Crippen molar-refractivity contribution in [2.24, 2.45) is 0 Å². The molecule has 162 valence electrons. The van der Waals surface area contributed by atoms with E-state index in [-0.39, 0.29) is 18.2 Å². The van der Waals surface area contributed by atoms with E-state index >= 15 is 0 Å². The van der Waals surface area contributed by atoms with Crippen LogP contribution in [0, 0.1) is 13.8 Å². The Morgan fingerprint density at radius 3 is 2.69 bits per heavy atom. The molecule has 2 aromatic carbocycles. The van der Waals surface area contributed by atoms with E-state index in [1.165, 1.54) is 0 Å². The molecule has 2 aromatic heterocycles. The minimum Gasteiger partial charge on any atom is -0.507 e. The first-order valence-corrected chi connectivity index (χ1v) is 10.8. The number of phenols is 1. The number of furan rings is 1. The van der Waals surface area contributed by atoms with Crippen LogP contribution in [0.25, 0.3) is 11.3 Å². The molecule has 0 aliphatic carbocycles. The molecule has 3 heterocycles. The van der Waals surface area contributed by atoms with Crippen LogP contribution in [-0.4, -0.2) is 26.1 Å². The maximum absolute atomic E-state index is 13.4. The molecule has 2 N–H and O–H groups in total. The third-order valence-electron chi connectivity index (χ3n) is 5.73. The van der Waals surface area contributed by atoms with Gasteiger partial charge in [-0.15, -0.1) is 0 Å². The van der Waals surface area contributed by atoms with Gasteiger partial charge < -0.3 is 14.4 Å². The number of nitrogens with zero attached hydrogens (tertiary/aromatic N) is 2. The quantitative estimate of drug-likeness (QED) is 0.382. The highest BCUT2D eigenvalue weighted by molar-refractivity contribution is 6.42. The molecular weight excluding hydrogens is 449 g/mol. The third-order valence-corrected chi connectivity index (χ3v) is 6.47. The van der Waals surface area contributed by atoms with E-state index in [1.54, 1.807) is 29.4 Å². The van der Waals surface area contributed by atoms with Gasteiger partial charge in [-0.25, -0.2) is 0 Å². The second-order valence-electron chi connectivity index (χ2n) is 7.93. The van der Waals surface area contributed by atoms with Crippen molar-refractivity contribution in [1.29, 1.82) is 0 Å². The third kappa shape index (κ3) is 3.27. The number of hydrogen-bond donors (Lipinski definition) is 2. The summed E-state index contributed by atoms with van der Waals surface area (Å²) in [6, 6.07) is 12.2. The zero-order valence-corrected chi connectivity index (χ0v) is 18.8. The molecule has 8 heteroatoms. The number of H-pyrrole nitrogens is 1. The summed E-state index contributed by atoms with van der Waals surface area (Å²) in [7, 11) is 0. The van der Waals surface area contributed by atoms with E-state index in [9.17, 15) is 9.90 Å². The van der Waals surface area contributed by atoms with Crippen LogP contribution < -0.4 is 0 Å². The van der Waals surface area contributed by atoms with Gasteiger partial charge in [0.1, 0.15) is 22.9 Å². The average molecular weight is 468 g/mol. The maximum atomic E-state index is 13.4. The summed E-state index contributed by atoms with van der Waals surface area (Å²) in [5.74, 6) is 0.571. The fraction of sp³-hybridized carbons (Fsp3) is 0.167. The van der Waals surface area contributed by atoms with Crippen LogP contribution in [0.2, 0.25) is 10.0 Å². The van der Waals surface area contributed by atoms with Gasteiger partial charge in [-0.05, 0) is 60.9 Å². The molecule has 0 saturated carbocycles. The van der Waals surface area contributed by atoms with Crippen molar-refractivity contribution < 1.29 is 14.3 Å². The maximum Gasteiger partial charge on any atom is 0.273 e. The summed E-state index contributed by atoms with van der Waals surface area (Å²) >= 11 is 12.5. The van der Waals surface area contributed by atoms with Crippen molar-refractivity contribution in [3.05, 3.63) is 92.5 Å². The van der Waals surface area contributed by atoms with Crippen molar-refractivity contribution in [1.82, 2.24) is 15.1 Å². The number of nitrogens with one attached hydrogen (secondary N) is 1. The van der Waals surface area contributed by atoms with Crippen LogP contribution in [0.4, 0.5) is 0 Å². The molecule has 5 rings (SSSR count). The number of carbonyl (C=O) groups excluding carboxylic acids is 1. The molecule has 0 radical (unpaired) electrons. The lowest BCUT2D eigenvalue weighted by molar-refractivity contribution is 0.0717. The molecule has 1 unspecified atom stereocenters. The number of aryl methyl sites for hydroxylation is 2. The number of fused-ring (bicyclic) bond motifs is 1. The molecule has 1 aliphatic heterocycles. The van der Waals surface area contributed by atoms with E-state index in [4.69, 9.17) is 27.6 Å². The second kappa shape index (κ2) is 7.73. The number of halogens is 2. The van der Waals surface area contributed by atoms with Gasteiger partial charge in [0.25, 0.3) is 5.91 Å². The van der Waals surface area contributed by atoms with Crippen molar-refractivity contribution in [2.75, 3.05) is 0 Å². The van der Waals surface area contributed by atoms with E-state index < -0.39 is 6.04 Å². The summed E-state index contributed by atoms with van der Waals surface area (Å²) < 4.78 is 5.50. The van der Waals surface area contributed by atoms with E-state index in [0.717, 1.165) is 16.7 Å². The van der Waals surface area contributed by atoms with Gasteiger partial charge in [0.2, 0.25) is 0 Å². The predicted molar refractivity (Wildman–Crippen MR) is 122 cm³/mol. The molecule has 1 atom stereocenters. The Kier molecular flexibility index (Phi) is 4.99. The first-order chi connectivity index (χ1) is 15.3. The number of carbonyl (C=O) groups is 1. The number of aromatic amines is 1. The lowest BCUT2D eigenvalue weighted by Gasteiger charge is -2.26. The lowest BCUT2D eigenvalue weighted by Crippen LogP contribution is -2.29. The van der Waals surface area contributed by atoms with Gasteiger partial charge in [0, 0.05) is 11.1 Å². The zero-order valence-electron chi connectivity index (χ0n) is 17.3. The number of benzene rings is 2. The minimum atomic E-state index is -0.494. The molecule has 0 spiro atoms. The first kappa shape index (κ1) is 20.7. The molecule has 32 heavy (non-hydrogen) atoms. The lowest BCUT2D eigenvalue weighted by atomic mass is 9.94. The Morgan fingerprint density at radius 1 is 1.16 bits per heavy atom.